The van der Waals surface area contributed by atoms with Gasteiger partial charge in [-0.2, -0.15) is 5.26 Å². The van der Waals surface area contributed by atoms with Crippen molar-refractivity contribution in [2.24, 2.45) is 0 Å². The van der Waals surface area contributed by atoms with Crippen LogP contribution in [0.1, 0.15) is 20.3 Å². The Labute approximate surface area is 49.7 Å². The highest BCUT2D eigenvalue weighted by Gasteiger charge is 2.34. The molecule has 0 bridgehead atoms. The predicted octanol–water partition coefficient (Wildman–Crippen LogP) is 0.952. The zero-order valence-electron chi connectivity index (χ0n) is 5.31. The summed E-state index contributed by atoms with van der Waals surface area (Å²) in [5.74, 6) is 0. The van der Waals surface area contributed by atoms with Crippen LogP contribution in [0.15, 0.2) is 0 Å². The van der Waals surface area contributed by atoms with Crippen molar-refractivity contribution in [3.05, 3.63) is 0 Å². The summed E-state index contributed by atoms with van der Waals surface area (Å²) >= 11 is 0. The lowest BCUT2D eigenvalue weighted by Crippen LogP contribution is -2.52. The molecule has 1 saturated heterocycles. The maximum Gasteiger partial charge on any atom is 0.179 e. The van der Waals surface area contributed by atoms with E-state index in [9.17, 15) is 0 Å². The van der Waals surface area contributed by atoms with Gasteiger partial charge in [0.25, 0.3) is 0 Å². The Kier molecular flexibility index (Phi) is 0.937. The van der Waals surface area contributed by atoms with Crippen LogP contribution in [0.2, 0.25) is 0 Å². The third-order valence-corrected chi connectivity index (χ3v) is 1.80. The summed E-state index contributed by atoms with van der Waals surface area (Å²) < 4.78 is 0. The Hall–Kier alpha value is -0.710. The monoisotopic (exact) mass is 110 g/mol. The predicted molar refractivity (Wildman–Crippen MR) is 31.0 cm³/mol. The Morgan fingerprint density at radius 1 is 1.62 bits per heavy atom. The van der Waals surface area contributed by atoms with E-state index in [-0.39, 0.29) is 5.54 Å². The van der Waals surface area contributed by atoms with Gasteiger partial charge in [-0.1, -0.05) is 0 Å². The molecule has 1 rings (SSSR count). The first kappa shape index (κ1) is 5.43. The van der Waals surface area contributed by atoms with Gasteiger partial charge in [-0.05, 0) is 20.3 Å². The van der Waals surface area contributed by atoms with Gasteiger partial charge in [-0.15, -0.1) is 0 Å². The molecule has 0 aromatic heterocycles. The fourth-order valence-corrected chi connectivity index (χ4v) is 0.856. The molecule has 2 nitrogen and oxygen atoms in total. The highest BCUT2D eigenvalue weighted by atomic mass is 15.2. The summed E-state index contributed by atoms with van der Waals surface area (Å²) in [7, 11) is 0. The number of hydrogen-bond donors (Lipinski definition) is 0. The average molecular weight is 110 g/mol. The Balaban J connectivity index is 2.53. The van der Waals surface area contributed by atoms with Crippen LogP contribution in [0.3, 0.4) is 0 Å². The van der Waals surface area contributed by atoms with E-state index in [4.69, 9.17) is 5.26 Å². The average Bonchev–Trinajstić information content (AvgIpc) is 1.66. The number of rotatable bonds is 0. The second-order valence-electron chi connectivity index (χ2n) is 2.81. The molecule has 1 fully saturated rings. The van der Waals surface area contributed by atoms with Gasteiger partial charge < -0.3 is 4.90 Å². The second kappa shape index (κ2) is 1.38. The molecule has 1 heterocycles. The normalized spacial score (nSPS) is 23.9. The first-order valence-electron chi connectivity index (χ1n) is 2.84. The van der Waals surface area contributed by atoms with Crippen molar-refractivity contribution in [3.63, 3.8) is 0 Å². The van der Waals surface area contributed by atoms with E-state index in [0.717, 1.165) is 13.0 Å². The van der Waals surface area contributed by atoms with Crippen molar-refractivity contribution in [2.45, 2.75) is 25.8 Å². The third kappa shape index (κ3) is 0.551. The van der Waals surface area contributed by atoms with E-state index in [0.29, 0.717) is 0 Å². The van der Waals surface area contributed by atoms with E-state index in [2.05, 4.69) is 20.0 Å². The van der Waals surface area contributed by atoms with Crippen LogP contribution in [0, 0.1) is 11.5 Å². The third-order valence-electron chi connectivity index (χ3n) is 1.80. The van der Waals surface area contributed by atoms with Gasteiger partial charge in [0, 0.05) is 12.1 Å². The minimum Gasteiger partial charge on any atom is -0.305 e. The van der Waals surface area contributed by atoms with E-state index < -0.39 is 0 Å². The summed E-state index contributed by atoms with van der Waals surface area (Å²) in [5, 5.41) is 8.40. The molecule has 0 atom stereocenters. The SMILES string of the molecule is CC1(C)CCN1C#N. The maximum atomic E-state index is 8.40. The molecule has 2 heteroatoms. The molecule has 0 unspecified atom stereocenters. The van der Waals surface area contributed by atoms with Crippen molar-refractivity contribution in [2.75, 3.05) is 6.54 Å². The first-order chi connectivity index (χ1) is 3.67. The number of nitriles is 1. The maximum absolute atomic E-state index is 8.40. The summed E-state index contributed by atoms with van der Waals surface area (Å²) in [6.07, 6.45) is 3.28. The number of nitrogens with zero attached hydrogens (tertiary/aromatic N) is 2. The zero-order valence-corrected chi connectivity index (χ0v) is 5.31. The van der Waals surface area contributed by atoms with Crippen LogP contribution in [0.5, 0.6) is 0 Å². The molecule has 0 saturated carbocycles. The quantitative estimate of drug-likeness (QED) is 0.434. The summed E-state index contributed by atoms with van der Waals surface area (Å²) in [5.41, 5.74) is 0.161. The molecular formula is C6H10N2. The van der Waals surface area contributed by atoms with Crippen molar-refractivity contribution in [1.29, 1.82) is 5.26 Å². The molecule has 1 aliphatic rings. The van der Waals surface area contributed by atoms with Crippen LogP contribution in [-0.2, 0) is 0 Å². The highest BCUT2D eigenvalue weighted by molar-refractivity contribution is 4.98. The minimum atomic E-state index is 0.161. The van der Waals surface area contributed by atoms with E-state index in [1.807, 2.05) is 0 Å². The van der Waals surface area contributed by atoms with Crippen molar-refractivity contribution < 1.29 is 0 Å². The van der Waals surface area contributed by atoms with Gasteiger partial charge >= 0.3 is 0 Å². The molecule has 1 aliphatic heterocycles. The van der Waals surface area contributed by atoms with Crippen LogP contribution in [0.25, 0.3) is 0 Å². The lowest BCUT2D eigenvalue weighted by Gasteiger charge is -2.44. The lowest BCUT2D eigenvalue weighted by atomic mass is 9.90. The van der Waals surface area contributed by atoms with Crippen LogP contribution >= 0.6 is 0 Å². The van der Waals surface area contributed by atoms with E-state index >= 15 is 0 Å². The summed E-state index contributed by atoms with van der Waals surface area (Å²) in [6, 6.07) is 0. The van der Waals surface area contributed by atoms with Crippen LogP contribution in [-0.4, -0.2) is 17.0 Å². The van der Waals surface area contributed by atoms with E-state index in [1.165, 1.54) is 0 Å². The molecule has 0 spiro atoms. The molecule has 0 N–H and O–H groups in total. The van der Waals surface area contributed by atoms with Gasteiger partial charge in [0.2, 0.25) is 0 Å². The number of hydrogen-bond acceptors (Lipinski definition) is 2. The lowest BCUT2D eigenvalue weighted by molar-refractivity contribution is 0.0793. The van der Waals surface area contributed by atoms with Gasteiger partial charge in [0.05, 0.1) is 0 Å². The van der Waals surface area contributed by atoms with Crippen LogP contribution < -0.4 is 0 Å². The standard InChI is InChI=1S/C6H10N2/c1-6(2)3-4-8(6)5-7/h3-4H2,1-2H3. The molecule has 44 valence electrons. The van der Waals surface area contributed by atoms with Gasteiger partial charge in [0.15, 0.2) is 6.19 Å². The second-order valence-corrected chi connectivity index (χ2v) is 2.81. The Morgan fingerprint density at radius 3 is 2.25 bits per heavy atom. The molecular weight excluding hydrogens is 100 g/mol. The van der Waals surface area contributed by atoms with Gasteiger partial charge in [0.1, 0.15) is 0 Å². The van der Waals surface area contributed by atoms with E-state index in [1.54, 1.807) is 4.90 Å². The zero-order chi connectivity index (χ0) is 6.20. The largest absolute Gasteiger partial charge is 0.305 e. The molecule has 0 aliphatic carbocycles. The summed E-state index contributed by atoms with van der Waals surface area (Å²) in [4.78, 5) is 1.80. The fraction of sp³-hybridized carbons (Fsp3) is 0.833. The van der Waals surface area contributed by atoms with Gasteiger partial charge in [-0.25, -0.2) is 0 Å². The topological polar surface area (TPSA) is 27.0 Å². The van der Waals surface area contributed by atoms with Crippen molar-refractivity contribution in [3.8, 4) is 6.19 Å². The molecule has 0 aromatic rings. The minimum absolute atomic E-state index is 0.161. The van der Waals surface area contributed by atoms with Crippen molar-refractivity contribution >= 4 is 0 Å². The van der Waals surface area contributed by atoms with Gasteiger partial charge in [-0.3, -0.25) is 0 Å². The molecule has 0 amide bonds. The van der Waals surface area contributed by atoms with Crippen molar-refractivity contribution in [1.82, 2.24) is 4.90 Å². The Morgan fingerprint density at radius 2 is 2.25 bits per heavy atom. The fourth-order valence-electron chi connectivity index (χ4n) is 0.856. The summed E-state index contributed by atoms with van der Waals surface area (Å²) in [6.45, 7) is 5.11. The Bertz CT molecular complexity index is 132. The smallest absolute Gasteiger partial charge is 0.179 e. The number of likely N-dealkylation sites (tertiary alicyclic amines) is 1. The first-order valence-corrected chi connectivity index (χ1v) is 2.84. The van der Waals surface area contributed by atoms with Crippen LogP contribution in [0.4, 0.5) is 0 Å². The molecule has 8 heavy (non-hydrogen) atoms. The molecule has 0 aromatic carbocycles. The molecule has 0 radical (unpaired) electrons. The highest BCUT2D eigenvalue weighted by Crippen LogP contribution is 2.27.